The Labute approximate surface area is 77.3 Å². The Hall–Kier alpha value is -1.10. The average Bonchev–Trinajstić information content (AvgIpc) is 2.49. The Morgan fingerprint density at radius 3 is 2.46 bits per heavy atom. The van der Waals surface area contributed by atoms with Gasteiger partial charge in [-0.3, -0.25) is 0 Å². The van der Waals surface area contributed by atoms with Gasteiger partial charge in [0.25, 0.3) is 0 Å². The second kappa shape index (κ2) is 3.33. The van der Waals surface area contributed by atoms with Crippen molar-refractivity contribution in [3.05, 3.63) is 5.82 Å². The molecule has 5 heteroatoms. The molecule has 1 aromatic heterocycles. The minimum absolute atomic E-state index is 0.784. The maximum atomic E-state index is 5.27. The van der Waals surface area contributed by atoms with Crippen LogP contribution in [0.4, 0.5) is 5.95 Å². The van der Waals surface area contributed by atoms with Gasteiger partial charge in [0, 0.05) is 20.1 Å². The molecule has 0 aliphatic carbocycles. The Balaban J connectivity index is 2.18. The third kappa shape index (κ3) is 1.51. The van der Waals surface area contributed by atoms with Crippen LogP contribution in [0.1, 0.15) is 5.82 Å². The van der Waals surface area contributed by atoms with Crippen LogP contribution in [0.15, 0.2) is 0 Å². The molecule has 1 aliphatic rings. The van der Waals surface area contributed by atoms with Crippen LogP contribution in [-0.2, 0) is 11.8 Å². The van der Waals surface area contributed by atoms with Gasteiger partial charge in [-0.2, -0.15) is 0 Å². The van der Waals surface area contributed by atoms with E-state index in [1.54, 1.807) is 0 Å². The van der Waals surface area contributed by atoms with E-state index < -0.39 is 0 Å². The lowest BCUT2D eigenvalue weighted by atomic mass is 10.4. The normalized spacial score (nSPS) is 17.8. The third-order valence-electron chi connectivity index (χ3n) is 2.36. The van der Waals surface area contributed by atoms with E-state index in [0.29, 0.717) is 0 Å². The van der Waals surface area contributed by atoms with Gasteiger partial charge in [-0.05, 0) is 6.92 Å². The number of rotatable bonds is 1. The van der Waals surface area contributed by atoms with Gasteiger partial charge >= 0.3 is 0 Å². The van der Waals surface area contributed by atoms with E-state index in [2.05, 4.69) is 15.1 Å². The molecule has 72 valence electrons. The predicted octanol–water partition coefficient (Wildman–Crippen LogP) is -0.0399. The molecule has 5 nitrogen and oxygen atoms in total. The summed E-state index contributed by atoms with van der Waals surface area (Å²) in [5.74, 6) is 1.89. The highest BCUT2D eigenvalue weighted by Crippen LogP contribution is 2.12. The van der Waals surface area contributed by atoms with Gasteiger partial charge in [0.15, 0.2) is 0 Å². The lowest BCUT2D eigenvalue weighted by molar-refractivity contribution is 0.121. The molecule has 0 spiro atoms. The molecule has 0 amide bonds. The summed E-state index contributed by atoms with van der Waals surface area (Å²) in [6.45, 7) is 5.34. The Morgan fingerprint density at radius 2 is 1.92 bits per heavy atom. The monoisotopic (exact) mass is 182 g/mol. The summed E-state index contributed by atoms with van der Waals surface area (Å²) in [7, 11) is 1.99. The zero-order valence-electron chi connectivity index (χ0n) is 8.03. The highest BCUT2D eigenvalue weighted by atomic mass is 16.5. The zero-order chi connectivity index (χ0) is 9.26. The molecule has 0 saturated carbocycles. The van der Waals surface area contributed by atoms with Gasteiger partial charge in [0.1, 0.15) is 5.82 Å². The molecule has 1 saturated heterocycles. The standard InChI is InChI=1S/C8H14N4O/c1-7-9-10-8(11(7)2)12-3-5-13-6-4-12/h3-6H2,1-2H3. The molecular formula is C8H14N4O. The lowest BCUT2D eigenvalue weighted by Gasteiger charge is -2.27. The molecule has 0 atom stereocenters. The van der Waals surface area contributed by atoms with Crippen molar-refractivity contribution in [3.8, 4) is 0 Å². The molecule has 1 aromatic rings. The number of anilines is 1. The number of aromatic nitrogens is 3. The molecule has 13 heavy (non-hydrogen) atoms. The van der Waals surface area contributed by atoms with E-state index in [-0.39, 0.29) is 0 Å². The average molecular weight is 182 g/mol. The number of aryl methyl sites for hydroxylation is 1. The number of nitrogens with zero attached hydrogens (tertiary/aromatic N) is 4. The van der Waals surface area contributed by atoms with Crippen molar-refractivity contribution in [1.29, 1.82) is 0 Å². The van der Waals surface area contributed by atoms with Gasteiger partial charge in [-0.1, -0.05) is 0 Å². The summed E-state index contributed by atoms with van der Waals surface area (Å²) in [6.07, 6.45) is 0. The largest absolute Gasteiger partial charge is 0.378 e. The number of hydrogen-bond acceptors (Lipinski definition) is 4. The van der Waals surface area contributed by atoms with E-state index in [9.17, 15) is 0 Å². The Kier molecular flexibility index (Phi) is 2.18. The molecule has 0 aromatic carbocycles. The van der Waals surface area contributed by atoms with Gasteiger partial charge in [0.2, 0.25) is 5.95 Å². The first-order valence-corrected chi connectivity index (χ1v) is 4.48. The molecule has 1 aliphatic heterocycles. The van der Waals surface area contributed by atoms with E-state index in [0.717, 1.165) is 38.1 Å². The highest BCUT2D eigenvalue weighted by molar-refractivity contribution is 5.30. The maximum absolute atomic E-state index is 5.27. The van der Waals surface area contributed by atoms with Crippen LogP contribution < -0.4 is 4.90 Å². The van der Waals surface area contributed by atoms with Crippen molar-refractivity contribution >= 4 is 5.95 Å². The van der Waals surface area contributed by atoms with Crippen molar-refractivity contribution in [1.82, 2.24) is 14.8 Å². The lowest BCUT2D eigenvalue weighted by Crippen LogP contribution is -2.37. The van der Waals surface area contributed by atoms with Gasteiger partial charge in [0.05, 0.1) is 13.2 Å². The molecule has 0 unspecified atom stereocenters. The predicted molar refractivity (Wildman–Crippen MR) is 48.8 cm³/mol. The minimum atomic E-state index is 0.784. The van der Waals surface area contributed by atoms with E-state index in [1.807, 2.05) is 18.5 Å². The van der Waals surface area contributed by atoms with Crippen molar-refractivity contribution in [3.63, 3.8) is 0 Å². The number of ether oxygens (including phenoxy) is 1. The van der Waals surface area contributed by atoms with Gasteiger partial charge in [-0.25, -0.2) is 0 Å². The fraction of sp³-hybridized carbons (Fsp3) is 0.750. The molecule has 2 rings (SSSR count). The van der Waals surface area contributed by atoms with Gasteiger partial charge < -0.3 is 14.2 Å². The molecular weight excluding hydrogens is 168 g/mol. The summed E-state index contributed by atoms with van der Waals surface area (Å²) in [6, 6.07) is 0. The first kappa shape index (κ1) is 8.50. The van der Waals surface area contributed by atoms with Crippen LogP contribution in [0.2, 0.25) is 0 Å². The first-order chi connectivity index (χ1) is 6.29. The smallest absolute Gasteiger partial charge is 0.227 e. The summed E-state index contributed by atoms with van der Waals surface area (Å²) in [4.78, 5) is 2.20. The number of morpholine rings is 1. The van der Waals surface area contributed by atoms with Crippen LogP contribution in [0.3, 0.4) is 0 Å². The summed E-state index contributed by atoms with van der Waals surface area (Å²) in [5.41, 5.74) is 0. The second-order valence-electron chi connectivity index (χ2n) is 3.21. The topological polar surface area (TPSA) is 43.2 Å². The minimum Gasteiger partial charge on any atom is -0.378 e. The van der Waals surface area contributed by atoms with Crippen LogP contribution >= 0.6 is 0 Å². The van der Waals surface area contributed by atoms with Crippen molar-refractivity contribution in [2.24, 2.45) is 7.05 Å². The fourth-order valence-corrected chi connectivity index (χ4v) is 1.43. The number of hydrogen-bond donors (Lipinski definition) is 0. The quantitative estimate of drug-likeness (QED) is 0.611. The SMILES string of the molecule is Cc1nnc(N2CCOCC2)n1C. The second-order valence-corrected chi connectivity index (χ2v) is 3.21. The molecule has 1 fully saturated rings. The van der Waals surface area contributed by atoms with E-state index in [4.69, 9.17) is 4.74 Å². The van der Waals surface area contributed by atoms with Crippen LogP contribution in [-0.4, -0.2) is 41.1 Å². The summed E-state index contributed by atoms with van der Waals surface area (Å²) >= 11 is 0. The van der Waals surface area contributed by atoms with Crippen molar-refractivity contribution < 1.29 is 4.74 Å². The maximum Gasteiger partial charge on any atom is 0.227 e. The zero-order valence-corrected chi connectivity index (χ0v) is 8.03. The van der Waals surface area contributed by atoms with Crippen LogP contribution in [0, 0.1) is 6.92 Å². The van der Waals surface area contributed by atoms with Crippen LogP contribution in [0.5, 0.6) is 0 Å². The Morgan fingerprint density at radius 1 is 1.23 bits per heavy atom. The summed E-state index contributed by atoms with van der Waals surface area (Å²) < 4.78 is 7.27. The molecule has 0 bridgehead atoms. The molecule has 0 radical (unpaired) electrons. The molecule has 0 N–H and O–H groups in total. The Bertz CT molecular complexity index is 290. The fourth-order valence-electron chi connectivity index (χ4n) is 1.43. The van der Waals surface area contributed by atoms with Crippen molar-refractivity contribution in [2.75, 3.05) is 31.2 Å². The summed E-state index contributed by atoms with van der Waals surface area (Å²) in [5, 5.41) is 8.14. The van der Waals surface area contributed by atoms with E-state index in [1.165, 1.54) is 0 Å². The molecule has 2 heterocycles. The first-order valence-electron chi connectivity index (χ1n) is 4.48. The highest BCUT2D eigenvalue weighted by Gasteiger charge is 2.16. The van der Waals surface area contributed by atoms with Gasteiger partial charge in [-0.15, -0.1) is 10.2 Å². The van der Waals surface area contributed by atoms with Crippen molar-refractivity contribution in [2.45, 2.75) is 6.92 Å². The van der Waals surface area contributed by atoms with E-state index >= 15 is 0 Å². The third-order valence-corrected chi connectivity index (χ3v) is 2.36. The van der Waals surface area contributed by atoms with Crippen LogP contribution in [0.25, 0.3) is 0 Å².